The van der Waals surface area contributed by atoms with Crippen LogP contribution in [-0.4, -0.2) is 37.4 Å². The van der Waals surface area contributed by atoms with Gasteiger partial charge in [0.05, 0.1) is 11.9 Å². The van der Waals surface area contributed by atoms with Crippen LogP contribution in [0.3, 0.4) is 0 Å². The van der Waals surface area contributed by atoms with Gasteiger partial charge in [0.25, 0.3) is 5.91 Å². The number of hydrogen-bond acceptors (Lipinski definition) is 8. The fraction of sp³-hybridized carbons (Fsp3) is 0.143. The molecule has 1 amide bonds. The number of hydrazone groups is 1. The second-order valence-corrected chi connectivity index (χ2v) is 6.71. The maximum absolute atomic E-state index is 12.6. The van der Waals surface area contributed by atoms with Crippen molar-refractivity contribution in [1.82, 2.24) is 30.7 Å². The van der Waals surface area contributed by atoms with Crippen LogP contribution >= 0.6 is 0 Å². The smallest absolute Gasteiger partial charge is 0.293 e. The first-order chi connectivity index (χ1) is 15.2. The van der Waals surface area contributed by atoms with Gasteiger partial charge >= 0.3 is 0 Å². The van der Waals surface area contributed by atoms with Gasteiger partial charge < -0.3 is 5.73 Å². The van der Waals surface area contributed by atoms with E-state index in [-0.39, 0.29) is 17.3 Å². The van der Waals surface area contributed by atoms with E-state index in [4.69, 9.17) is 5.73 Å². The van der Waals surface area contributed by atoms with Gasteiger partial charge in [-0.1, -0.05) is 73.2 Å². The second kappa shape index (κ2) is 8.99. The van der Waals surface area contributed by atoms with Gasteiger partial charge in [0, 0.05) is 0 Å². The number of nitrogens with zero attached hydrogens (tertiary/aromatic N) is 6. The van der Waals surface area contributed by atoms with Crippen LogP contribution < -0.4 is 11.2 Å². The minimum atomic E-state index is -0.484. The zero-order chi connectivity index (χ0) is 21.6. The van der Waals surface area contributed by atoms with Gasteiger partial charge in [0.15, 0.2) is 5.69 Å². The van der Waals surface area contributed by atoms with Crippen LogP contribution in [0.4, 0.5) is 5.82 Å². The van der Waals surface area contributed by atoms with Gasteiger partial charge in [-0.2, -0.15) is 9.78 Å². The summed E-state index contributed by atoms with van der Waals surface area (Å²) < 4.78 is 5.97. The largest absolute Gasteiger partial charge is 0.378 e. The summed E-state index contributed by atoms with van der Waals surface area (Å²) in [5.41, 5.74) is 12.0. The first-order valence-corrected chi connectivity index (χ1v) is 9.69. The number of carbonyl (C=O) groups excluding carboxylic acids is 1. The van der Waals surface area contributed by atoms with Crippen molar-refractivity contribution in [3.63, 3.8) is 0 Å². The topological polar surface area (TPSA) is 137 Å². The lowest BCUT2D eigenvalue weighted by Crippen LogP contribution is -2.20. The Hall–Kier alpha value is -4.34. The third kappa shape index (κ3) is 4.32. The SMILES string of the molecule is CCCc1c(C(=O)N/N=C/c2ccc(-c3ccccc3)cc2)nnn1-c1nonc1N. The van der Waals surface area contributed by atoms with E-state index in [0.29, 0.717) is 12.1 Å². The number of nitrogens with one attached hydrogen (secondary N) is 1. The van der Waals surface area contributed by atoms with Crippen molar-refractivity contribution in [2.24, 2.45) is 5.10 Å². The fourth-order valence-electron chi connectivity index (χ4n) is 3.06. The molecule has 0 fully saturated rings. The molecule has 0 spiro atoms. The predicted molar refractivity (Wildman–Crippen MR) is 115 cm³/mol. The van der Waals surface area contributed by atoms with E-state index >= 15 is 0 Å². The van der Waals surface area contributed by atoms with Gasteiger partial charge in [-0.15, -0.1) is 5.10 Å². The van der Waals surface area contributed by atoms with Crippen molar-refractivity contribution < 1.29 is 9.42 Å². The van der Waals surface area contributed by atoms with E-state index in [1.54, 1.807) is 6.21 Å². The Morgan fingerprint density at radius 1 is 1.13 bits per heavy atom. The molecule has 10 nitrogen and oxygen atoms in total. The Labute approximate surface area is 177 Å². The van der Waals surface area contributed by atoms with Crippen LogP contribution in [0.1, 0.15) is 35.1 Å². The molecule has 3 N–H and O–H groups in total. The minimum absolute atomic E-state index is 0.0613. The van der Waals surface area contributed by atoms with Crippen molar-refractivity contribution in [3.05, 3.63) is 71.5 Å². The number of amides is 1. The zero-order valence-corrected chi connectivity index (χ0v) is 16.8. The summed E-state index contributed by atoms with van der Waals surface area (Å²) in [5.74, 6) is -0.231. The van der Waals surface area contributed by atoms with E-state index < -0.39 is 5.91 Å². The average molecular weight is 416 g/mol. The van der Waals surface area contributed by atoms with E-state index in [1.165, 1.54) is 4.68 Å². The molecular weight excluding hydrogens is 396 g/mol. The summed E-state index contributed by atoms with van der Waals surface area (Å²) in [6, 6.07) is 17.9. The number of carbonyl (C=O) groups is 1. The third-order valence-corrected chi connectivity index (χ3v) is 4.56. The summed E-state index contributed by atoms with van der Waals surface area (Å²) in [4.78, 5) is 12.6. The molecule has 0 unspecified atom stereocenters. The summed E-state index contributed by atoms with van der Waals surface area (Å²) in [5, 5.41) is 19.2. The highest BCUT2D eigenvalue weighted by molar-refractivity contribution is 5.94. The molecule has 4 aromatic rings. The standard InChI is InChI=1S/C21H20N8O2/c1-2-6-17-18(24-28-29(17)20-19(22)26-31-27-20)21(30)25-23-13-14-9-11-16(12-10-14)15-7-4-3-5-8-15/h3-5,7-13H,2,6H2,1H3,(H2,22,26)(H,25,30)/b23-13+. The third-order valence-electron chi connectivity index (χ3n) is 4.56. The molecule has 156 valence electrons. The van der Waals surface area contributed by atoms with Gasteiger partial charge in [0.1, 0.15) is 0 Å². The molecule has 2 aromatic heterocycles. The fourth-order valence-corrected chi connectivity index (χ4v) is 3.06. The highest BCUT2D eigenvalue weighted by Crippen LogP contribution is 2.19. The van der Waals surface area contributed by atoms with Crippen molar-refractivity contribution in [2.75, 3.05) is 5.73 Å². The Kier molecular flexibility index (Phi) is 5.79. The highest BCUT2D eigenvalue weighted by atomic mass is 16.6. The number of nitrogen functional groups attached to an aromatic ring is 1. The Morgan fingerprint density at radius 2 is 1.87 bits per heavy atom. The Morgan fingerprint density at radius 3 is 2.55 bits per heavy atom. The number of anilines is 1. The van der Waals surface area contributed by atoms with Crippen LogP contribution in [-0.2, 0) is 6.42 Å². The maximum atomic E-state index is 12.6. The summed E-state index contributed by atoms with van der Waals surface area (Å²) in [6.45, 7) is 1.97. The first kappa shape index (κ1) is 20.0. The van der Waals surface area contributed by atoms with Crippen LogP contribution in [0.5, 0.6) is 0 Å². The monoisotopic (exact) mass is 416 g/mol. The lowest BCUT2D eigenvalue weighted by Gasteiger charge is -2.04. The van der Waals surface area contributed by atoms with Crippen LogP contribution in [0.15, 0.2) is 64.3 Å². The molecular formula is C21H20N8O2. The van der Waals surface area contributed by atoms with Crippen LogP contribution in [0.2, 0.25) is 0 Å². The molecule has 0 aliphatic carbocycles. The summed E-state index contributed by atoms with van der Waals surface area (Å²) in [6.07, 6.45) is 2.86. The number of rotatable bonds is 7. The molecule has 0 aliphatic heterocycles. The molecule has 10 heteroatoms. The van der Waals surface area contributed by atoms with E-state index in [0.717, 1.165) is 23.1 Å². The molecule has 2 aromatic carbocycles. The van der Waals surface area contributed by atoms with Crippen molar-refractivity contribution in [2.45, 2.75) is 19.8 Å². The molecule has 0 radical (unpaired) electrons. The first-order valence-electron chi connectivity index (χ1n) is 9.69. The quantitative estimate of drug-likeness (QED) is 0.349. The van der Waals surface area contributed by atoms with E-state index in [9.17, 15) is 4.79 Å². The average Bonchev–Trinajstić information content (AvgIpc) is 3.41. The normalized spacial score (nSPS) is 11.1. The lowest BCUT2D eigenvalue weighted by atomic mass is 10.0. The van der Waals surface area contributed by atoms with Crippen molar-refractivity contribution in [3.8, 4) is 16.9 Å². The zero-order valence-electron chi connectivity index (χ0n) is 16.8. The Bertz CT molecular complexity index is 1200. The summed E-state index contributed by atoms with van der Waals surface area (Å²) in [7, 11) is 0. The van der Waals surface area contributed by atoms with E-state index in [1.807, 2.05) is 61.5 Å². The second-order valence-electron chi connectivity index (χ2n) is 6.71. The molecule has 0 atom stereocenters. The van der Waals surface area contributed by atoms with Crippen molar-refractivity contribution >= 4 is 17.9 Å². The van der Waals surface area contributed by atoms with Gasteiger partial charge in [-0.3, -0.25) is 4.79 Å². The van der Waals surface area contributed by atoms with Crippen molar-refractivity contribution in [1.29, 1.82) is 0 Å². The molecule has 2 heterocycles. The van der Waals surface area contributed by atoms with Crippen LogP contribution in [0, 0.1) is 0 Å². The van der Waals surface area contributed by atoms with E-state index in [2.05, 4.69) is 35.8 Å². The number of aromatic nitrogens is 5. The maximum Gasteiger partial charge on any atom is 0.293 e. The van der Waals surface area contributed by atoms with Gasteiger partial charge in [-0.25, -0.2) is 10.1 Å². The minimum Gasteiger partial charge on any atom is -0.378 e. The van der Waals surface area contributed by atoms with Gasteiger partial charge in [0.2, 0.25) is 11.6 Å². The molecule has 4 rings (SSSR count). The molecule has 31 heavy (non-hydrogen) atoms. The highest BCUT2D eigenvalue weighted by Gasteiger charge is 2.23. The number of hydrogen-bond donors (Lipinski definition) is 2. The molecule has 0 aliphatic rings. The molecule has 0 bridgehead atoms. The van der Waals surface area contributed by atoms with Gasteiger partial charge in [-0.05, 0) is 33.4 Å². The lowest BCUT2D eigenvalue weighted by molar-refractivity contribution is 0.0949. The Balaban J connectivity index is 1.47. The molecule has 0 saturated heterocycles. The number of benzene rings is 2. The molecule has 0 saturated carbocycles. The van der Waals surface area contributed by atoms with Crippen LogP contribution in [0.25, 0.3) is 16.9 Å². The summed E-state index contributed by atoms with van der Waals surface area (Å²) >= 11 is 0. The predicted octanol–water partition coefficient (Wildman–Crippen LogP) is 2.62. The number of nitrogens with two attached hydrogens (primary N) is 1.